The predicted molar refractivity (Wildman–Crippen MR) is 81.2 cm³/mol. The molecule has 1 amide bonds. The van der Waals surface area contributed by atoms with Crippen LogP contribution in [0.2, 0.25) is 0 Å². The Balaban J connectivity index is 2.19. The van der Waals surface area contributed by atoms with Gasteiger partial charge in [0, 0.05) is 26.8 Å². The van der Waals surface area contributed by atoms with Crippen LogP contribution < -0.4 is 5.32 Å². The van der Waals surface area contributed by atoms with Gasteiger partial charge in [-0.05, 0) is 12.5 Å². The second-order valence-electron chi connectivity index (χ2n) is 5.45. The normalized spacial score (nSPS) is 13.8. The van der Waals surface area contributed by atoms with Crippen LogP contribution >= 0.6 is 0 Å². The third kappa shape index (κ3) is 4.13. The third-order valence-electron chi connectivity index (χ3n) is 3.52. The second-order valence-corrected chi connectivity index (χ2v) is 5.45. The van der Waals surface area contributed by atoms with Gasteiger partial charge in [-0.15, -0.1) is 0 Å². The first-order chi connectivity index (χ1) is 10.8. The number of ether oxygens (including phenoxy) is 1. The van der Waals surface area contributed by atoms with Crippen molar-refractivity contribution >= 4 is 5.91 Å². The lowest BCUT2D eigenvalue weighted by molar-refractivity contribution is -0.0182. The molecule has 0 saturated heterocycles. The molecule has 0 aliphatic carbocycles. The van der Waals surface area contributed by atoms with Gasteiger partial charge >= 0.3 is 0 Å². The summed E-state index contributed by atoms with van der Waals surface area (Å²) in [6, 6.07) is 9.44. The third-order valence-corrected chi connectivity index (χ3v) is 3.52. The molecular formula is C16H19F2N3O2. The van der Waals surface area contributed by atoms with Crippen molar-refractivity contribution in [1.29, 1.82) is 0 Å². The van der Waals surface area contributed by atoms with E-state index in [1.165, 1.54) is 25.0 Å². The molecule has 0 aliphatic rings. The zero-order valence-electron chi connectivity index (χ0n) is 13.2. The van der Waals surface area contributed by atoms with Gasteiger partial charge < -0.3 is 10.1 Å². The number of hydrogen-bond acceptors (Lipinski definition) is 3. The van der Waals surface area contributed by atoms with Crippen LogP contribution in [0.5, 0.6) is 0 Å². The summed E-state index contributed by atoms with van der Waals surface area (Å²) < 4.78 is 32.5. The van der Waals surface area contributed by atoms with Crippen LogP contribution in [0.4, 0.5) is 8.78 Å². The first kappa shape index (κ1) is 17.1. The van der Waals surface area contributed by atoms with Gasteiger partial charge in [0.25, 0.3) is 12.3 Å². The number of aryl methyl sites for hydroxylation is 1. The maximum absolute atomic E-state index is 13.0. The minimum atomic E-state index is -2.82. The highest BCUT2D eigenvalue weighted by Gasteiger charge is 2.30. The molecule has 5 nitrogen and oxygen atoms in total. The SMILES string of the molecule is COC(C)(Cc1ccccc1)NC(=O)c1cn(C)nc1C(F)F. The average Bonchev–Trinajstić information content (AvgIpc) is 2.90. The molecule has 1 N–H and O–H groups in total. The lowest BCUT2D eigenvalue weighted by Crippen LogP contribution is -2.49. The monoisotopic (exact) mass is 323 g/mol. The fourth-order valence-corrected chi connectivity index (χ4v) is 2.30. The van der Waals surface area contributed by atoms with E-state index in [1.54, 1.807) is 6.92 Å². The van der Waals surface area contributed by atoms with Crippen LogP contribution in [-0.4, -0.2) is 28.5 Å². The minimum Gasteiger partial charge on any atom is -0.359 e. The van der Waals surface area contributed by atoms with Crippen LogP contribution in [0, 0.1) is 0 Å². The van der Waals surface area contributed by atoms with E-state index in [0.717, 1.165) is 5.56 Å². The molecule has 1 aromatic carbocycles. The topological polar surface area (TPSA) is 56.1 Å². The highest BCUT2D eigenvalue weighted by molar-refractivity contribution is 5.95. The molecule has 1 aromatic heterocycles. The zero-order chi connectivity index (χ0) is 17.0. The van der Waals surface area contributed by atoms with Gasteiger partial charge in [0.15, 0.2) is 0 Å². The Morgan fingerprint density at radius 1 is 1.39 bits per heavy atom. The van der Waals surface area contributed by atoms with Crippen molar-refractivity contribution in [3.8, 4) is 0 Å². The fourth-order valence-electron chi connectivity index (χ4n) is 2.30. The quantitative estimate of drug-likeness (QED) is 0.832. The first-order valence-corrected chi connectivity index (χ1v) is 7.08. The van der Waals surface area contributed by atoms with Gasteiger partial charge in [0.1, 0.15) is 11.4 Å². The number of halogens is 2. The van der Waals surface area contributed by atoms with Crippen LogP contribution in [0.3, 0.4) is 0 Å². The molecule has 124 valence electrons. The summed E-state index contributed by atoms with van der Waals surface area (Å²) in [6.07, 6.45) is -1.14. The molecule has 2 rings (SSSR count). The smallest absolute Gasteiger partial charge is 0.282 e. The van der Waals surface area contributed by atoms with Crippen LogP contribution in [0.25, 0.3) is 0 Å². The van der Waals surface area contributed by atoms with E-state index < -0.39 is 23.8 Å². The van der Waals surface area contributed by atoms with Gasteiger partial charge in [-0.1, -0.05) is 30.3 Å². The standard InChI is InChI=1S/C16H19F2N3O2/c1-16(23-3,9-11-7-5-4-6-8-11)19-15(22)12-10-21(2)20-13(12)14(17)18/h4-8,10,14H,9H2,1-3H3,(H,19,22). The summed E-state index contributed by atoms with van der Waals surface area (Å²) in [5, 5.41) is 6.30. The summed E-state index contributed by atoms with van der Waals surface area (Å²) in [5.74, 6) is -0.645. The minimum absolute atomic E-state index is 0.154. The number of nitrogens with zero attached hydrogens (tertiary/aromatic N) is 2. The Labute approximate surface area is 133 Å². The summed E-state index contributed by atoms with van der Waals surface area (Å²) in [7, 11) is 2.95. The van der Waals surface area contributed by atoms with Crippen molar-refractivity contribution in [2.24, 2.45) is 7.05 Å². The van der Waals surface area contributed by atoms with Crippen LogP contribution in [-0.2, 0) is 18.2 Å². The molecule has 0 fully saturated rings. The van der Waals surface area contributed by atoms with E-state index in [4.69, 9.17) is 4.74 Å². The summed E-state index contributed by atoms with van der Waals surface area (Å²) in [5.41, 5.74) is -0.757. The van der Waals surface area contributed by atoms with Gasteiger partial charge in [-0.25, -0.2) is 8.78 Å². The number of nitrogens with one attached hydrogen (secondary N) is 1. The largest absolute Gasteiger partial charge is 0.359 e. The number of alkyl halides is 2. The maximum Gasteiger partial charge on any atom is 0.282 e. The van der Waals surface area contributed by atoms with Crippen molar-refractivity contribution in [2.75, 3.05) is 7.11 Å². The van der Waals surface area contributed by atoms with E-state index >= 15 is 0 Å². The van der Waals surface area contributed by atoms with E-state index in [0.29, 0.717) is 6.42 Å². The first-order valence-electron chi connectivity index (χ1n) is 7.08. The van der Waals surface area contributed by atoms with E-state index in [2.05, 4.69) is 10.4 Å². The Hall–Kier alpha value is -2.28. The fraction of sp³-hybridized carbons (Fsp3) is 0.375. The number of benzene rings is 1. The van der Waals surface area contributed by atoms with Crippen molar-refractivity contribution in [2.45, 2.75) is 25.5 Å². The Bertz CT molecular complexity index is 673. The number of methoxy groups -OCH3 is 1. The Kier molecular flexibility index (Phi) is 5.10. The van der Waals surface area contributed by atoms with Gasteiger partial charge in [0.05, 0.1) is 5.56 Å². The van der Waals surface area contributed by atoms with Crippen LogP contribution in [0.1, 0.15) is 35.0 Å². The molecule has 23 heavy (non-hydrogen) atoms. The molecule has 0 bridgehead atoms. The maximum atomic E-state index is 13.0. The number of hydrogen-bond donors (Lipinski definition) is 1. The average molecular weight is 323 g/mol. The molecule has 1 atom stereocenters. The van der Waals surface area contributed by atoms with Gasteiger partial charge in [-0.2, -0.15) is 5.10 Å². The summed E-state index contributed by atoms with van der Waals surface area (Å²) >= 11 is 0. The number of carbonyl (C=O) groups excluding carboxylic acids is 1. The van der Waals surface area contributed by atoms with Crippen molar-refractivity contribution in [3.05, 3.63) is 53.3 Å². The molecule has 0 radical (unpaired) electrons. The summed E-state index contributed by atoms with van der Waals surface area (Å²) in [6.45, 7) is 1.69. The number of carbonyl (C=O) groups is 1. The Morgan fingerprint density at radius 2 is 2.04 bits per heavy atom. The second kappa shape index (κ2) is 6.87. The molecule has 7 heteroatoms. The highest BCUT2D eigenvalue weighted by Crippen LogP contribution is 2.22. The lowest BCUT2D eigenvalue weighted by Gasteiger charge is -2.29. The summed E-state index contributed by atoms with van der Waals surface area (Å²) in [4.78, 5) is 12.4. The van der Waals surface area contributed by atoms with E-state index in [9.17, 15) is 13.6 Å². The lowest BCUT2D eigenvalue weighted by atomic mass is 10.0. The van der Waals surface area contributed by atoms with Crippen molar-refractivity contribution < 1.29 is 18.3 Å². The zero-order valence-corrected chi connectivity index (χ0v) is 13.2. The van der Waals surface area contributed by atoms with Gasteiger partial charge in [0.2, 0.25) is 0 Å². The molecule has 0 aliphatic heterocycles. The molecular weight excluding hydrogens is 304 g/mol. The van der Waals surface area contributed by atoms with Crippen molar-refractivity contribution in [3.63, 3.8) is 0 Å². The molecule has 1 unspecified atom stereocenters. The highest BCUT2D eigenvalue weighted by atomic mass is 19.3. The molecule has 0 saturated carbocycles. The van der Waals surface area contributed by atoms with Gasteiger partial charge in [-0.3, -0.25) is 9.48 Å². The van der Waals surface area contributed by atoms with Crippen molar-refractivity contribution in [1.82, 2.24) is 15.1 Å². The van der Waals surface area contributed by atoms with Crippen LogP contribution in [0.15, 0.2) is 36.5 Å². The number of rotatable bonds is 6. The van der Waals surface area contributed by atoms with E-state index in [1.807, 2.05) is 30.3 Å². The molecule has 1 heterocycles. The molecule has 2 aromatic rings. The molecule has 0 spiro atoms. The predicted octanol–water partition coefficient (Wildman–Crippen LogP) is 2.69. The number of aromatic nitrogens is 2. The Morgan fingerprint density at radius 3 is 2.61 bits per heavy atom. The number of amides is 1. The van der Waals surface area contributed by atoms with E-state index in [-0.39, 0.29) is 5.56 Å².